The summed E-state index contributed by atoms with van der Waals surface area (Å²) >= 11 is 0. The van der Waals surface area contributed by atoms with Crippen LogP contribution in [0.5, 0.6) is 17.2 Å². The van der Waals surface area contributed by atoms with E-state index < -0.39 is 12.0 Å². The summed E-state index contributed by atoms with van der Waals surface area (Å²) in [5.74, 6) is 1.57. The number of primary amides is 1. The number of para-hydroxylation sites is 1. The lowest BCUT2D eigenvalue weighted by molar-refractivity contribution is 0.0994. The SMILES string of the molecule is COc1cc(COc2ccccc2CC[C@H]([C@H](C)O)n2cnc(C(N)=O)c2)cc(OC)c1.Cl. The van der Waals surface area contributed by atoms with Gasteiger partial charge in [-0.3, -0.25) is 4.79 Å². The molecule has 2 aromatic carbocycles. The highest BCUT2D eigenvalue weighted by Crippen LogP contribution is 2.27. The maximum Gasteiger partial charge on any atom is 0.268 e. The summed E-state index contributed by atoms with van der Waals surface area (Å²) in [6, 6.07) is 13.2. The van der Waals surface area contributed by atoms with Crippen LogP contribution in [0.25, 0.3) is 0 Å². The summed E-state index contributed by atoms with van der Waals surface area (Å²) in [5.41, 5.74) is 7.41. The van der Waals surface area contributed by atoms with Crippen LogP contribution in [0.4, 0.5) is 0 Å². The summed E-state index contributed by atoms with van der Waals surface area (Å²) < 4.78 is 18.5. The first kappa shape index (κ1) is 26.0. The minimum absolute atomic E-state index is 0. The predicted octanol–water partition coefficient (Wildman–Crippen LogP) is 3.55. The molecule has 3 aromatic rings. The molecule has 0 fully saturated rings. The molecule has 1 aromatic heterocycles. The summed E-state index contributed by atoms with van der Waals surface area (Å²) in [6.45, 7) is 2.07. The molecule has 0 aliphatic carbocycles. The number of aliphatic hydroxyl groups excluding tert-OH is 1. The van der Waals surface area contributed by atoms with E-state index in [0.29, 0.717) is 30.9 Å². The van der Waals surface area contributed by atoms with Crippen LogP contribution in [0.2, 0.25) is 0 Å². The number of imidazole rings is 1. The second-order valence-corrected chi connectivity index (χ2v) is 7.53. The number of methoxy groups -OCH3 is 2. The molecule has 0 bridgehead atoms. The number of benzene rings is 2. The number of nitrogens with zero attached hydrogens (tertiary/aromatic N) is 2. The molecule has 2 atom stereocenters. The molecule has 33 heavy (non-hydrogen) atoms. The molecule has 8 nitrogen and oxygen atoms in total. The number of hydrogen-bond donors (Lipinski definition) is 2. The molecule has 1 heterocycles. The maximum absolute atomic E-state index is 11.4. The molecule has 0 aliphatic rings. The minimum atomic E-state index is -0.637. The van der Waals surface area contributed by atoms with Crippen LogP contribution >= 0.6 is 12.4 Å². The largest absolute Gasteiger partial charge is 0.497 e. The van der Waals surface area contributed by atoms with Gasteiger partial charge in [-0.2, -0.15) is 0 Å². The number of aromatic nitrogens is 2. The number of carbonyl (C=O) groups excluding carboxylic acids is 1. The van der Waals surface area contributed by atoms with Crippen molar-refractivity contribution in [2.45, 2.75) is 38.5 Å². The zero-order chi connectivity index (χ0) is 23.1. The molecule has 178 valence electrons. The fraction of sp³-hybridized carbons (Fsp3) is 0.333. The number of hydrogen-bond acceptors (Lipinski definition) is 6. The van der Waals surface area contributed by atoms with Crippen molar-refractivity contribution in [3.8, 4) is 17.2 Å². The Balaban J connectivity index is 0.00000385. The third-order valence-corrected chi connectivity index (χ3v) is 5.28. The van der Waals surface area contributed by atoms with Crippen LogP contribution in [0.15, 0.2) is 55.0 Å². The van der Waals surface area contributed by atoms with Crippen LogP contribution in [0.1, 0.15) is 41.0 Å². The second-order valence-electron chi connectivity index (χ2n) is 7.53. The standard InChI is InChI=1S/C24H29N3O5.ClH/c1-16(28)22(27-13-21(24(25)29)26-15-27)9-8-18-6-4-5-7-23(18)32-14-17-10-19(30-2)12-20(11-17)31-3;/h4-7,10-13,15-16,22,28H,8-9,14H2,1-3H3,(H2,25,29);1H/t16-,22+;/m0./s1. The molecule has 3 N–H and O–H groups in total. The average molecular weight is 476 g/mol. The lowest BCUT2D eigenvalue weighted by atomic mass is 10.0. The van der Waals surface area contributed by atoms with E-state index in [1.165, 1.54) is 6.33 Å². The van der Waals surface area contributed by atoms with Crippen LogP contribution in [0.3, 0.4) is 0 Å². The highest BCUT2D eigenvalue weighted by molar-refractivity contribution is 5.90. The number of amides is 1. The summed E-state index contributed by atoms with van der Waals surface area (Å²) in [7, 11) is 3.22. The Morgan fingerprint density at radius 2 is 1.82 bits per heavy atom. The monoisotopic (exact) mass is 475 g/mol. The van der Waals surface area contributed by atoms with Gasteiger partial charge in [0.1, 0.15) is 29.5 Å². The first-order chi connectivity index (χ1) is 15.4. The Kier molecular flexibility index (Phi) is 9.57. The van der Waals surface area contributed by atoms with E-state index >= 15 is 0 Å². The summed E-state index contributed by atoms with van der Waals surface area (Å²) in [6.07, 6.45) is 3.74. The molecule has 0 spiro atoms. The normalized spacial score (nSPS) is 12.4. The first-order valence-corrected chi connectivity index (χ1v) is 10.3. The lowest BCUT2D eigenvalue weighted by Crippen LogP contribution is -2.21. The van der Waals surface area contributed by atoms with E-state index in [-0.39, 0.29) is 24.1 Å². The Bertz CT molecular complexity index is 1030. The van der Waals surface area contributed by atoms with Crippen molar-refractivity contribution in [2.75, 3.05) is 14.2 Å². The van der Waals surface area contributed by atoms with Gasteiger partial charge in [0, 0.05) is 12.3 Å². The number of nitrogens with two attached hydrogens (primary N) is 1. The zero-order valence-corrected chi connectivity index (χ0v) is 19.7. The number of aliphatic hydroxyl groups is 1. The zero-order valence-electron chi connectivity index (χ0n) is 18.9. The fourth-order valence-electron chi connectivity index (χ4n) is 3.55. The van der Waals surface area contributed by atoms with Gasteiger partial charge in [0.15, 0.2) is 0 Å². The van der Waals surface area contributed by atoms with E-state index in [9.17, 15) is 9.90 Å². The quantitative estimate of drug-likeness (QED) is 0.439. The van der Waals surface area contributed by atoms with Gasteiger partial charge in [-0.25, -0.2) is 4.98 Å². The smallest absolute Gasteiger partial charge is 0.268 e. The van der Waals surface area contributed by atoms with Crippen molar-refractivity contribution in [2.24, 2.45) is 5.73 Å². The van der Waals surface area contributed by atoms with Gasteiger partial charge in [0.2, 0.25) is 0 Å². The van der Waals surface area contributed by atoms with Crippen molar-refractivity contribution in [3.63, 3.8) is 0 Å². The molecule has 3 rings (SSSR count). The second kappa shape index (κ2) is 12.1. The van der Waals surface area contributed by atoms with Crippen LogP contribution < -0.4 is 19.9 Å². The number of rotatable bonds is 11. The molecule has 0 aliphatic heterocycles. The highest BCUT2D eigenvalue weighted by atomic mass is 35.5. The Labute approximate surface area is 199 Å². The third-order valence-electron chi connectivity index (χ3n) is 5.28. The molecular formula is C24H30ClN3O5. The minimum Gasteiger partial charge on any atom is -0.497 e. The topological polar surface area (TPSA) is 109 Å². The van der Waals surface area contributed by atoms with E-state index in [2.05, 4.69) is 4.98 Å². The van der Waals surface area contributed by atoms with Gasteiger partial charge in [0.05, 0.1) is 32.7 Å². The van der Waals surface area contributed by atoms with Gasteiger partial charge >= 0.3 is 0 Å². The van der Waals surface area contributed by atoms with Gasteiger partial charge < -0.3 is 29.6 Å². The number of aryl methyl sites for hydroxylation is 1. The Morgan fingerprint density at radius 1 is 1.15 bits per heavy atom. The van der Waals surface area contributed by atoms with Crippen molar-refractivity contribution < 1.29 is 24.1 Å². The van der Waals surface area contributed by atoms with Crippen molar-refractivity contribution in [3.05, 3.63) is 71.8 Å². The highest BCUT2D eigenvalue weighted by Gasteiger charge is 2.19. The van der Waals surface area contributed by atoms with E-state index in [1.54, 1.807) is 31.9 Å². The molecule has 1 amide bonds. The lowest BCUT2D eigenvalue weighted by Gasteiger charge is -2.22. The van der Waals surface area contributed by atoms with Crippen LogP contribution in [-0.4, -0.2) is 40.9 Å². The van der Waals surface area contributed by atoms with Crippen molar-refractivity contribution in [1.29, 1.82) is 0 Å². The van der Waals surface area contributed by atoms with Crippen molar-refractivity contribution in [1.82, 2.24) is 9.55 Å². The summed E-state index contributed by atoms with van der Waals surface area (Å²) in [4.78, 5) is 15.4. The maximum atomic E-state index is 11.4. The van der Waals surface area contributed by atoms with Crippen LogP contribution in [-0.2, 0) is 13.0 Å². The number of carbonyl (C=O) groups is 1. The number of ether oxygens (including phenoxy) is 3. The van der Waals surface area contributed by atoms with Gasteiger partial charge in [-0.05, 0) is 49.1 Å². The molecule has 0 unspecified atom stereocenters. The first-order valence-electron chi connectivity index (χ1n) is 10.3. The van der Waals surface area contributed by atoms with Gasteiger partial charge in [0.25, 0.3) is 5.91 Å². The van der Waals surface area contributed by atoms with Gasteiger partial charge in [-0.15, -0.1) is 12.4 Å². The third kappa shape index (κ3) is 6.87. The van der Waals surface area contributed by atoms with Crippen LogP contribution in [0, 0.1) is 0 Å². The number of halogens is 1. The fourth-order valence-corrected chi connectivity index (χ4v) is 3.55. The average Bonchev–Trinajstić information content (AvgIpc) is 3.28. The summed E-state index contributed by atoms with van der Waals surface area (Å²) in [5, 5.41) is 10.3. The van der Waals surface area contributed by atoms with E-state index in [4.69, 9.17) is 19.9 Å². The van der Waals surface area contributed by atoms with Crippen molar-refractivity contribution >= 4 is 18.3 Å². The molecule has 0 saturated heterocycles. The molecule has 0 radical (unpaired) electrons. The van der Waals surface area contributed by atoms with E-state index in [0.717, 1.165) is 16.9 Å². The van der Waals surface area contributed by atoms with Gasteiger partial charge in [-0.1, -0.05) is 18.2 Å². The Morgan fingerprint density at radius 3 is 2.39 bits per heavy atom. The molecule has 0 saturated carbocycles. The molecule has 9 heteroatoms. The molecular weight excluding hydrogens is 446 g/mol. The van der Waals surface area contributed by atoms with E-state index in [1.807, 2.05) is 42.5 Å². The predicted molar refractivity (Wildman–Crippen MR) is 127 cm³/mol. The Hall–Kier alpha value is -3.23.